The first-order valence-electron chi connectivity index (χ1n) is 6.33. The molecule has 0 unspecified atom stereocenters. The van der Waals surface area contributed by atoms with Crippen LogP contribution in [0.3, 0.4) is 0 Å². The standard InChI is InChI=1S/C14H15ClN4O/c1-2-8-16-14-17-9-7-12(19-14)13(20)18-11-5-3-10(15)4-6-11/h3-7,9H,2,8H2,1H3,(H,18,20)(H,16,17,19). The van der Waals surface area contributed by atoms with Crippen LogP contribution in [-0.4, -0.2) is 22.4 Å². The molecule has 0 aliphatic carbocycles. The zero-order chi connectivity index (χ0) is 14.4. The van der Waals surface area contributed by atoms with E-state index in [1.165, 1.54) is 0 Å². The highest BCUT2D eigenvalue weighted by Crippen LogP contribution is 2.14. The van der Waals surface area contributed by atoms with Crippen LogP contribution in [0.15, 0.2) is 36.5 Å². The fourth-order valence-corrected chi connectivity index (χ4v) is 1.66. The highest BCUT2D eigenvalue weighted by molar-refractivity contribution is 6.30. The van der Waals surface area contributed by atoms with E-state index < -0.39 is 0 Å². The van der Waals surface area contributed by atoms with Gasteiger partial charge >= 0.3 is 0 Å². The maximum absolute atomic E-state index is 12.1. The number of nitrogens with zero attached hydrogens (tertiary/aromatic N) is 2. The quantitative estimate of drug-likeness (QED) is 0.887. The number of halogens is 1. The van der Waals surface area contributed by atoms with Crippen molar-refractivity contribution in [3.8, 4) is 0 Å². The fraction of sp³-hybridized carbons (Fsp3) is 0.214. The number of benzene rings is 1. The number of carbonyl (C=O) groups excluding carboxylic acids is 1. The maximum atomic E-state index is 12.1. The van der Waals surface area contributed by atoms with Gasteiger partial charge in [-0.1, -0.05) is 18.5 Å². The van der Waals surface area contributed by atoms with Gasteiger partial charge in [-0.05, 0) is 36.8 Å². The highest BCUT2D eigenvalue weighted by Gasteiger charge is 2.09. The summed E-state index contributed by atoms with van der Waals surface area (Å²) in [7, 11) is 0. The van der Waals surface area contributed by atoms with Crippen molar-refractivity contribution in [3.63, 3.8) is 0 Å². The van der Waals surface area contributed by atoms with Crippen LogP contribution < -0.4 is 10.6 Å². The van der Waals surface area contributed by atoms with Crippen molar-refractivity contribution >= 4 is 29.1 Å². The molecule has 104 valence electrons. The van der Waals surface area contributed by atoms with Crippen molar-refractivity contribution in [2.45, 2.75) is 13.3 Å². The number of nitrogens with one attached hydrogen (secondary N) is 2. The van der Waals surface area contributed by atoms with Gasteiger partial charge in [0.15, 0.2) is 0 Å². The Labute approximate surface area is 122 Å². The summed E-state index contributed by atoms with van der Waals surface area (Å²) in [6.45, 7) is 2.81. The number of aromatic nitrogens is 2. The van der Waals surface area contributed by atoms with Gasteiger partial charge in [0, 0.05) is 23.5 Å². The average molecular weight is 291 g/mol. The van der Waals surface area contributed by atoms with Crippen molar-refractivity contribution in [1.82, 2.24) is 9.97 Å². The fourth-order valence-electron chi connectivity index (χ4n) is 1.54. The molecule has 2 aromatic rings. The summed E-state index contributed by atoms with van der Waals surface area (Å²) >= 11 is 5.79. The van der Waals surface area contributed by atoms with Crippen molar-refractivity contribution < 1.29 is 4.79 Å². The maximum Gasteiger partial charge on any atom is 0.274 e. The van der Waals surface area contributed by atoms with Gasteiger partial charge in [0.1, 0.15) is 5.69 Å². The Morgan fingerprint density at radius 3 is 2.70 bits per heavy atom. The van der Waals surface area contributed by atoms with Crippen molar-refractivity contribution in [2.24, 2.45) is 0 Å². The smallest absolute Gasteiger partial charge is 0.274 e. The summed E-state index contributed by atoms with van der Waals surface area (Å²) in [5, 5.41) is 6.42. The van der Waals surface area contributed by atoms with Gasteiger partial charge in [0.2, 0.25) is 5.95 Å². The summed E-state index contributed by atoms with van der Waals surface area (Å²) in [6, 6.07) is 8.47. The van der Waals surface area contributed by atoms with E-state index in [1.807, 2.05) is 6.92 Å². The van der Waals surface area contributed by atoms with E-state index in [0.29, 0.717) is 22.4 Å². The minimum Gasteiger partial charge on any atom is -0.354 e. The van der Waals surface area contributed by atoms with Crippen LogP contribution in [0, 0.1) is 0 Å². The molecule has 2 N–H and O–H groups in total. The molecule has 6 heteroatoms. The number of anilines is 2. The predicted molar refractivity (Wildman–Crippen MR) is 80.2 cm³/mol. The van der Waals surface area contributed by atoms with Crippen molar-refractivity contribution in [2.75, 3.05) is 17.2 Å². The summed E-state index contributed by atoms with van der Waals surface area (Å²) in [4.78, 5) is 20.3. The molecule has 20 heavy (non-hydrogen) atoms. The Morgan fingerprint density at radius 2 is 2.00 bits per heavy atom. The van der Waals surface area contributed by atoms with Gasteiger partial charge in [-0.3, -0.25) is 4.79 Å². The van der Waals surface area contributed by atoms with E-state index in [0.717, 1.165) is 13.0 Å². The monoisotopic (exact) mass is 290 g/mol. The van der Waals surface area contributed by atoms with E-state index in [9.17, 15) is 4.79 Å². The minimum absolute atomic E-state index is 0.283. The van der Waals surface area contributed by atoms with Gasteiger partial charge < -0.3 is 10.6 Å². The van der Waals surface area contributed by atoms with E-state index in [2.05, 4.69) is 20.6 Å². The van der Waals surface area contributed by atoms with Gasteiger partial charge in [-0.2, -0.15) is 0 Å². The second-order valence-corrected chi connectivity index (χ2v) is 4.59. The topological polar surface area (TPSA) is 66.9 Å². The molecule has 0 aliphatic rings. The van der Waals surface area contributed by atoms with Crippen LogP contribution >= 0.6 is 11.6 Å². The number of amides is 1. The Bertz CT molecular complexity index is 586. The molecule has 0 saturated carbocycles. The Kier molecular flexibility index (Phi) is 4.90. The lowest BCUT2D eigenvalue weighted by Gasteiger charge is -2.06. The molecule has 1 heterocycles. The van der Waals surface area contributed by atoms with E-state index >= 15 is 0 Å². The molecule has 0 radical (unpaired) electrons. The normalized spacial score (nSPS) is 10.1. The second-order valence-electron chi connectivity index (χ2n) is 4.15. The third-order valence-corrected chi connectivity index (χ3v) is 2.78. The second kappa shape index (κ2) is 6.86. The Hall–Kier alpha value is -2.14. The zero-order valence-corrected chi connectivity index (χ0v) is 11.8. The molecule has 0 bridgehead atoms. The molecule has 0 saturated heterocycles. The third kappa shape index (κ3) is 3.93. The SMILES string of the molecule is CCCNc1nccc(C(=O)Nc2ccc(Cl)cc2)n1. The van der Waals surface area contributed by atoms with Crippen LogP contribution in [0.25, 0.3) is 0 Å². The summed E-state index contributed by atoms with van der Waals surface area (Å²) in [5.74, 6) is 0.171. The number of hydrogen-bond acceptors (Lipinski definition) is 4. The number of hydrogen-bond donors (Lipinski definition) is 2. The Morgan fingerprint density at radius 1 is 1.25 bits per heavy atom. The average Bonchev–Trinajstić information content (AvgIpc) is 2.48. The first-order valence-corrected chi connectivity index (χ1v) is 6.70. The van der Waals surface area contributed by atoms with Gasteiger partial charge in [0.05, 0.1) is 0 Å². The predicted octanol–water partition coefficient (Wildman–Crippen LogP) is 3.20. The van der Waals surface area contributed by atoms with Crippen LogP contribution in [0.2, 0.25) is 5.02 Å². The van der Waals surface area contributed by atoms with E-state index in [1.54, 1.807) is 36.5 Å². The van der Waals surface area contributed by atoms with Crippen molar-refractivity contribution in [3.05, 3.63) is 47.2 Å². The largest absolute Gasteiger partial charge is 0.354 e. The number of carbonyl (C=O) groups is 1. The highest BCUT2D eigenvalue weighted by atomic mass is 35.5. The Balaban J connectivity index is 2.06. The molecule has 0 atom stereocenters. The van der Waals surface area contributed by atoms with Crippen LogP contribution in [0.1, 0.15) is 23.8 Å². The molecule has 1 aromatic carbocycles. The molecular weight excluding hydrogens is 276 g/mol. The lowest BCUT2D eigenvalue weighted by atomic mass is 10.3. The van der Waals surface area contributed by atoms with Crippen LogP contribution in [0.5, 0.6) is 0 Å². The third-order valence-electron chi connectivity index (χ3n) is 2.52. The molecule has 0 aliphatic heterocycles. The van der Waals surface area contributed by atoms with E-state index in [4.69, 9.17) is 11.6 Å². The molecule has 5 nitrogen and oxygen atoms in total. The molecule has 0 spiro atoms. The minimum atomic E-state index is -0.283. The lowest BCUT2D eigenvalue weighted by molar-refractivity contribution is 0.102. The number of rotatable bonds is 5. The zero-order valence-electron chi connectivity index (χ0n) is 11.1. The van der Waals surface area contributed by atoms with Crippen molar-refractivity contribution in [1.29, 1.82) is 0 Å². The summed E-state index contributed by atoms with van der Waals surface area (Å²) in [6.07, 6.45) is 2.52. The van der Waals surface area contributed by atoms with Crippen LogP contribution in [0.4, 0.5) is 11.6 Å². The molecule has 1 aromatic heterocycles. The molecule has 1 amide bonds. The van der Waals surface area contributed by atoms with E-state index in [-0.39, 0.29) is 5.91 Å². The van der Waals surface area contributed by atoms with Gasteiger partial charge in [0.25, 0.3) is 5.91 Å². The van der Waals surface area contributed by atoms with Gasteiger partial charge in [-0.25, -0.2) is 9.97 Å². The van der Waals surface area contributed by atoms with Crippen LogP contribution in [-0.2, 0) is 0 Å². The van der Waals surface area contributed by atoms with Gasteiger partial charge in [-0.15, -0.1) is 0 Å². The first kappa shape index (κ1) is 14.3. The summed E-state index contributed by atoms with van der Waals surface area (Å²) in [5.41, 5.74) is 0.981. The molecule has 0 fully saturated rings. The molecule has 2 rings (SSSR count). The summed E-state index contributed by atoms with van der Waals surface area (Å²) < 4.78 is 0. The first-order chi connectivity index (χ1) is 9.69. The lowest BCUT2D eigenvalue weighted by Crippen LogP contribution is -2.15. The molecular formula is C14H15ClN4O.